The van der Waals surface area contributed by atoms with E-state index in [0.29, 0.717) is 28.4 Å². The number of ether oxygens (including phenoxy) is 1. The number of hydrogen-bond donors (Lipinski definition) is 1. The zero-order valence-corrected chi connectivity index (χ0v) is 17.5. The zero-order chi connectivity index (χ0) is 21.8. The number of likely N-dealkylation sites (tertiary alicyclic amines) is 1. The van der Waals surface area contributed by atoms with E-state index in [1.165, 1.54) is 11.8 Å². The summed E-state index contributed by atoms with van der Waals surface area (Å²) in [6.45, 7) is 3.68. The van der Waals surface area contributed by atoms with Crippen molar-refractivity contribution in [3.05, 3.63) is 70.3 Å². The van der Waals surface area contributed by atoms with Gasteiger partial charge in [-0.05, 0) is 48.4 Å². The Morgan fingerprint density at radius 2 is 1.73 bits per heavy atom. The van der Waals surface area contributed by atoms with E-state index in [1.54, 1.807) is 48.5 Å². The van der Waals surface area contributed by atoms with Gasteiger partial charge in [0.05, 0.1) is 11.6 Å². The number of aliphatic hydroxyl groups excluding tert-OH is 1. The Kier molecular flexibility index (Phi) is 6.57. The van der Waals surface area contributed by atoms with Crippen molar-refractivity contribution in [3.63, 3.8) is 0 Å². The van der Waals surface area contributed by atoms with Crippen LogP contribution in [0.15, 0.2) is 54.1 Å². The van der Waals surface area contributed by atoms with Crippen LogP contribution in [0.2, 0.25) is 5.02 Å². The van der Waals surface area contributed by atoms with Crippen LogP contribution in [-0.2, 0) is 14.4 Å². The maximum Gasteiger partial charge on any atom is 0.308 e. The molecule has 30 heavy (non-hydrogen) atoms. The molecule has 1 unspecified atom stereocenters. The molecule has 1 heterocycles. The summed E-state index contributed by atoms with van der Waals surface area (Å²) in [6, 6.07) is 12.2. The molecule has 1 N–H and O–H groups in total. The number of Topliss-reactive ketones (excluding diaryl/α,β-unsaturated/α-hetero) is 1. The summed E-state index contributed by atoms with van der Waals surface area (Å²) < 4.78 is 5.06. The van der Waals surface area contributed by atoms with Gasteiger partial charge in [-0.3, -0.25) is 14.4 Å². The minimum atomic E-state index is -0.737. The number of ketones is 1. The molecule has 0 saturated carbocycles. The molecule has 1 aliphatic rings. The fourth-order valence-electron chi connectivity index (χ4n) is 3.43. The second kappa shape index (κ2) is 9.13. The van der Waals surface area contributed by atoms with Crippen LogP contribution in [0.25, 0.3) is 5.76 Å². The van der Waals surface area contributed by atoms with Gasteiger partial charge in [0.1, 0.15) is 11.5 Å². The van der Waals surface area contributed by atoms with Crippen LogP contribution in [0.5, 0.6) is 5.75 Å². The van der Waals surface area contributed by atoms with Crippen LogP contribution in [0.1, 0.15) is 43.9 Å². The Morgan fingerprint density at radius 3 is 2.30 bits per heavy atom. The molecule has 2 aromatic carbocycles. The topological polar surface area (TPSA) is 83.9 Å². The van der Waals surface area contributed by atoms with Crippen LogP contribution in [0.4, 0.5) is 0 Å². The standard InChI is InChI=1S/C23H22ClNO5/c1-3-4-13-25-20(15-7-11-18(12-8-15)30-14(2)26)19(22(28)23(25)29)21(27)16-5-9-17(24)10-6-16/h5-12,20,27H,3-4,13H2,1-2H3/b21-19-. The molecule has 0 aliphatic carbocycles. The van der Waals surface area contributed by atoms with E-state index in [-0.39, 0.29) is 11.3 Å². The third kappa shape index (κ3) is 4.39. The minimum absolute atomic E-state index is 0.0265. The number of unbranched alkanes of at least 4 members (excludes halogenated alkanes) is 1. The van der Waals surface area contributed by atoms with Crippen molar-refractivity contribution in [3.8, 4) is 5.75 Å². The average molecular weight is 428 g/mol. The van der Waals surface area contributed by atoms with Gasteiger partial charge in [0.25, 0.3) is 11.7 Å². The fourth-order valence-corrected chi connectivity index (χ4v) is 3.56. The molecule has 0 spiro atoms. The highest BCUT2D eigenvalue weighted by Crippen LogP contribution is 2.40. The first-order chi connectivity index (χ1) is 14.3. The summed E-state index contributed by atoms with van der Waals surface area (Å²) in [5, 5.41) is 11.4. The van der Waals surface area contributed by atoms with Crippen molar-refractivity contribution in [1.29, 1.82) is 0 Å². The largest absolute Gasteiger partial charge is 0.507 e. The molecule has 1 aliphatic heterocycles. The maximum absolute atomic E-state index is 12.9. The van der Waals surface area contributed by atoms with E-state index < -0.39 is 23.7 Å². The smallest absolute Gasteiger partial charge is 0.308 e. The van der Waals surface area contributed by atoms with Gasteiger partial charge in [0, 0.05) is 24.1 Å². The molecule has 1 saturated heterocycles. The van der Waals surface area contributed by atoms with Gasteiger partial charge in [-0.2, -0.15) is 0 Å². The van der Waals surface area contributed by atoms with E-state index in [2.05, 4.69) is 0 Å². The number of nitrogens with zero attached hydrogens (tertiary/aromatic N) is 1. The van der Waals surface area contributed by atoms with E-state index >= 15 is 0 Å². The SMILES string of the molecule is CCCCN1C(=O)C(=O)/C(=C(\O)c2ccc(Cl)cc2)C1c1ccc(OC(C)=O)cc1. The Morgan fingerprint density at radius 1 is 1.10 bits per heavy atom. The third-order valence-electron chi connectivity index (χ3n) is 4.87. The van der Waals surface area contributed by atoms with Crippen LogP contribution in [0.3, 0.4) is 0 Å². The summed E-state index contributed by atoms with van der Waals surface area (Å²) >= 11 is 5.92. The van der Waals surface area contributed by atoms with Crippen molar-refractivity contribution in [2.24, 2.45) is 0 Å². The normalized spacial score (nSPS) is 18.0. The van der Waals surface area contributed by atoms with Crippen LogP contribution < -0.4 is 4.74 Å². The Balaban J connectivity index is 2.09. The number of carbonyl (C=O) groups excluding carboxylic acids is 3. The molecule has 1 atom stereocenters. The number of rotatable bonds is 6. The van der Waals surface area contributed by atoms with Gasteiger partial charge in [-0.15, -0.1) is 0 Å². The van der Waals surface area contributed by atoms with E-state index in [1.807, 2.05) is 6.92 Å². The number of hydrogen-bond acceptors (Lipinski definition) is 5. The summed E-state index contributed by atoms with van der Waals surface area (Å²) in [5.74, 6) is -1.72. The molecule has 3 rings (SSSR count). The lowest BCUT2D eigenvalue weighted by molar-refractivity contribution is -0.139. The van der Waals surface area contributed by atoms with E-state index in [0.717, 1.165) is 12.8 Å². The number of halogens is 1. The van der Waals surface area contributed by atoms with Gasteiger partial charge >= 0.3 is 5.97 Å². The lowest BCUT2D eigenvalue weighted by Gasteiger charge is -2.25. The molecular weight excluding hydrogens is 406 g/mol. The summed E-state index contributed by atoms with van der Waals surface area (Å²) in [7, 11) is 0. The van der Waals surface area contributed by atoms with Crippen LogP contribution >= 0.6 is 11.6 Å². The average Bonchev–Trinajstić information content (AvgIpc) is 2.97. The number of benzene rings is 2. The molecule has 7 heteroatoms. The molecule has 0 bridgehead atoms. The number of amides is 1. The molecule has 0 radical (unpaired) electrons. The Labute approximate surface area is 179 Å². The van der Waals surface area contributed by atoms with Gasteiger partial charge in [-0.1, -0.05) is 37.1 Å². The minimum Gasteiger partial charge on any atom is -0.507 e. The van der Waals surface area contributed by atoms with Crippen molar-refractivity contribution >= 4 is 35.0 Å². The molecule has 6 nitrogen and oxygen atoms in total. The van der Waals surface area contributed by atoms with Gasteiger partial charge in [0.2, 0.25) is 0 Å². The second-order valence-electron chi connectivity index (χ2n) is 7.02. The molecule has 1 amide bonds. The van der Waals surface area contributed by atoms with E-state index in [9.17, 15) is 19.5 Å². The highest BCUT2D eigenvalue weighted by Gasteiger charge is 2.45. The molecule has 2 aromatic rings. The van der Waals surface area contributed by atoms with Crippen molar-refractivity contribution in [1.82, 2.24) is 4.90 Å². The quantitative estimate of drug-likeness (QED) is 0.241. The van der Waals surface area contributed by atoms with Gasteiger partial charge < -0.3 is 14.7 Å². The van der Waals surface area contributed by atoms with Crippen molar-refractivity contribution < 1.29 is 24.2 Å². The summed E-state index contributed by atoms with van der Waals surface area (Å²) in [4.78, 5) is 38.2. The molecule has 0 aromatic heterocycles. The first-order valence-electron chi connectivity index (χ1n) is 9.66. The summed E-state index contributed by atoms with van der Waals surface area (Å²) in [5.41, 5.74) is 1.06. The highest BCUT2D eigenvalue weighted by atomic mass is 35.5. The number of aliphatic hydroxyl groups is 1. The van der Waals surface area contributed by atoms with E-state index in [4.69, 9.17) is 16.3 Å². The fraction of sp³-hybridized carbons (Fsp3) is 0.261. The van der Waals surface area contributed by atoms with Crippen LogP contribution in [-0.4, -0.2) is 34.2 Å². The van der Waals surface area contributed by atoms with Crippen molar-refractivity contribution in [2.75, 3.05) is 6.54 Å². The maximum atomic E-state index is 12.9. The molecule has 156 valence electrons. The predicted octanol–water partition coefficient (Wildman–Crippen LogP) is 4.49. The first kappa shape index (κ1) is 21.6. The molecule has 1 fully saturated rings. The van der Waals surface area contributed by atoms with Gasteiger partial charge in [0.15, 0.2) is 0 Å². The first-order valence-corrected chi connectivity index (χ1v) is 10.0. The third-order valence-corrected chi connectivity index (χ3v) is 5.12. The number of esters is 1. The lowest BCUT2D eigenvalue weighted by Crippen LogP contribution is -2.30. The Bertz CT molecular complexity index is 995. The van der Waals surface area contributed by atoms with Crippen LogP contribution in [0, 0.1) is 0 Å². The number of carbonyl (C=O) groups is 3. The van der Waals surface area contributed by atoms with Gasteiger partial charge in [-0.25, -0.2) is 0 Å². The van der Waals surface area contributed by atoms with Crippen molar-refractivity contribution in [2.45, 2.75) is 32.7 Å². The zero-order valence-electron chi connectivity index (χ0n) is 16.7. The molecular formula is C23H22ClNO5. The highest BCUT2D eigenvalue weighted by molar-refractivity contribution is 6.46. The lowest BCUT2D eigenvalue weighted by atomic mass is 9.95. The second-order valence-corrected chi connectivity index (χ2v) is 7.45. The predicted molar refractivity (Wildman–Crippen MR) is 113 cm³/mol. The summed E-state index contributed by atoms with van der Waals surface area (Å²) in [6.07, 6.45) is 1.56. The Hall–Kier alpha value is -3.12. The monoisotopic (exact) mass is 427 g/mol.